The average Bonchev–Trinajstić information content (AvgIpc) is 2.48. The van der Waals surface area contributed by atoms with Crippen LogP contribution in [0.5, 0.6) is 0 Å². The number of nitrogens with one attached hydrogen (secondary N) is 1. The molecular formula is C15H18Cl2N4O2S. The number of rotatable bonds is 5. The normalized spacial score (nSPS) is 11.6. The van der Waals surface area contributed by atoms with E-state index in [2.05, 4.69) is 14.7 Å². The number of halogens is 2. The van der Waals surface area contributed by atoms with Gasteiger partial charge in [-0.15, -0.1) is 0 Å². The summed E-state index contributed by atoms with van der Waals surface area (Å²) < 4.78 is 27.5. The van der Waals surface area contributed by atoms with Gasteiger partial charge >= 0.3 is 0 Å². The number of anilines is 1. The van der Waals surface area contributed by atoms with E-state index in [-0.39, 0.29) is 16.5 Å². The zero-order valence-electron chi connectivity index (χ0n) is 13.8. The smallest absolute Gasteiger partial charge is 0.242 e. The molecule has 0 radical (unpaired) electrons. The number of aryl methyl sites for hydroxylation is 2. The molecule has 9 heteroatoms. The van der Waals surface area contributed by atoms with Gasteiger partial charge in [0.05, 0.1) is 17.3 Å². The quantitative estimate of drug-likeness (QED) is 0.851. The maximum Gasteiger partial charge on any atom is 0.242 e. The number of sulfonamides is 1. The highest BCUT2D eigenvalue weighted by Crippen LogP contribution is 2.28. The molecule has 0 atom stereocenters. The predicted molar refractivity (Wildman–Crippen MR) is 96.3 cm³/mol. The molecule has 2 rings (SSSR count). The van der Waals surface area contributed by atoms with E-state index in [0.717, 1.165) is 5.69 Å². The highest BCUT2D eigenvalue weighted by molar-refractivity contribution is 7.89. The van der Waals surface area contributed by atoms with Crippen LogP contribution in [0.4, 0.5) is 5.95 Å². The van der Waals surface area contributed by atoms with Crippen LogP contribution in [0.3, 0.4) is 0 Å². The van der Waals surface area contributed by atoms with Crippen LogP contribution >= 0.6 is 23.2 Å². The topological polar surface area (TPSA) is 75.2 Å². The van der Waals surface area contributed by atoms with Gasteiger partial charge in [-0.3, -0.25) is 0 Å². The third-order valence-corrected chi connectivity index (χ3v) is 5.51. The van der Waals surface area contributed by atoms with Crippen LogP contribution in [-0.2, 0) is 16.6 Å². The van der Waals surface area contributed by atoms with Gasteiger partial charge in [-0.1, -0.05) is 23.2 Å². The van der Waals surface area contributed by atoms with E-state index < -0.39 is 10.0 Å². The maximum absolute atomic E-state index is 12.5. The predicted octanol–water partition coefficient (Wildman–Crippen LogP) is 2.94. The van der Waals surface area contributed by atoms with E-state index in [1.807, 2.05) is 21.0 Å². The Labute approximate surface area is 151 Å². The molecular weight excluding hydrogens is 371 g/mol. The van der Waals surface area contributed by atoms with Gasteiger partial charge in [0.2, 0.25) is 16.0 Å². The Morgan fingerprint density at radius 1 is 1.08 bits per heavy atom. The second-order valence-corrected chi connectivity index (χ2v) is 8.10. The fraction of sp³-hybridized carbons (Fsp3) is 0.333. The van der Waals surface area contributed by atoms with Crippen LogP contribution < -0.4 is 9.62 Å². The van der Waals surface area contributed by atoms with Gasteiger partial charge < -0.3 is 4.90 Å². The Balaban J connectivity index is 2.27. The van der Waals surface area contributed by atoms with E-state index >= 15 is 0 Å². The lowest BCUT2D eigenvalue weighted by molar-refractivity contribution is 0.580. The number of hydrogen-bond donors (Lipinski definition) is 1. The largest absolute Gasteiger partial charge is 0.347 e. The Morgan fingerprint density at radius 2 is 1.75 bits per heavy atom. The van der Waals surface area contributed by atoms with Crippen molar-refractivity contribution in [1.82, 2.24) is 14.7 Å². The summed E-state index contributed by atoms with van der Waals surface area (Å²) in [5, 5.41) is 0.493. The van der Waals surface area contributed by atoms with Crippen molar-refractivity contribution >= 4 is 39.2 Å². The van der Waals surface area contributed by atoms with Crippen LogP contribution in [-0.4, -0.2) is 32.5 Å². The second kappa shape index (κ2) is 7.23. The zero-order chi connectivity index (χ0) is 18.1. The Bertz CT molecular complexity index is 870. The Kier molecular flexibility index (Phi) is 5.70. The van der Waals surface area contributed by atoms with Crippen LogP contribution in [0.25, 0.3) is 0 Å². The molecule has 0 bridgehead atoms. The minimum absolute atomic E-state index is 0.00956. The average molecular weight is 389 g/mol. The fourth-order valence-electron chi connectivity index (χ4n) is 1.99. The molecule has 0 fully saturated rings. The highest BCUT2D eigenvalue weighted by atomic mass is 35.5. The number of benzene rings is 1. The first-order valence-corrected chi connectivity index (χ1v) is 9.31. The molecule has 0 unspecified atom stereocenters. The molecule has 2 aromatic rings. The first-order valence-electron chi connectivity index (χ1n) is 7.07. The molecule has 1 aromatic carbocycles. The van der Waals surface area contributed by atoms with Crippen LogP contribution in [0.15, 0.2) is 23.1 Å². The van der Waals surface area contributed by atoms with Gasteiger partial charge in [0.25, 0.3) is 0 Å². The fourth-order valence-corrected chi connectivity index (χ4v) is 3.82. The SMILES string of the molecule is Cc1cc(CNS(=O)(=O)c2cc(C)c(Cl)cc2Cl)nc(N(C)C)n1. The van der Waals surface area contributed by atoms with Crippen LogP contribution in [0, 0.1) is 13.8 Å². The third-order valence-electron chi connectivity index (χ3n) is 3.24. The van der Waals surface area contributed by atoms with E-state index in [9.17, 15) is 8.42 Å². The molecule has 0 aliphatic rings. The first-order chi connectivity index (χ1) is 11.1. The monoisotopic (exact) mass is 388 g/mol. The number of nitrogens with zero attached hydrogens (tertiary/aromatic N) is 3. The molecule has 0 spiro atoms. The third kappa shape index (κ3) is 4.36. The Hall–Kier alpha value is -1.41. The van der Waals surface area contributed by atoms with E-state index in [4.69, 9.17) is 23.2 Å². The molecule has 6 nitrogen and oxygen atoms in total. The Morgan fingerprint density at radius 3 is 2.38 bits per heavy atom. The maximum atomic E-state index is 12.5. The van der Waals surface area contributed by atoms with E-state index in [1.54, 1.807) is 17.9 Å². The summed E-state index contributed by atoms with van der Waals surface area (Å²) >= 11 is 12.0. The minimum atomic E-state index is -3.79. The van der Waals surface area contributed by atoms with Crippen LogP contribution in [0.1, 0.15) is 17.0 Å². The molecule has 1 heterocycles. The summed E-state index contributed by atoms with van der Waals surface area (Å²) in [6.07, 6.45) is 0. The summed E-state index contributed by atoms with van der Waals surface area (Å²) in [6, 6.07) is 4.60. The molecule has 1 aromatic heterocycles. The molecule has 0 amide bonds. The lowest BCUT2D eigenvalue weighted by Gasteiger charge is -2.13. The summed E-state index contributed by atoms with van der Waals surface area (Å²) in [6.45, 7) is 3.57. The van der Waals surface area contributed by atoms with Gasteiger partial charge in [0.1, 0.15) is 4.90 Å². The lowest BCUT2D eigenvalue weighted by atomic mass is 10.2. The molecule has 1 N–H and O–H groups in total. The first kappa shape index (κ1) is 18.9. The summed E-state index contributed by atoms with van der Waals surface area (Å²) in [7, 11) is -0.152. The van der Waals surface area contributed by atoms with Crippen molar-refractivity contribution < 1.29 is 8.42 Å². The second-order valence-electron chi connectivity index (χ2n) is 5.55. The molecule has 24 heavy (non-hydrogen) atoms. The van der Waals surface area contributed by atoms with Crippen molar-refractivity contribution in [2.24, 2.45) is 0 Å². The van der Waals surface area contributed by atoms with Gasteiger partial charge in [-0.05, 0) is 37.6 Å². The lowest BCUT2D eigenvalue weighted by Crippen LogP contribution is -2.25. The van der Waals surface area contributed by atoms with E-state index in [1.165, 1.54) is 12.1 Å². The summed E-state index contributed by atoms with van der Waals surface area (Å²) in [4.78, 5) is 10.3. The number of hydrogen-bond acceptors (Lipinski definition) is 5. The number of aromatic nitrogens is 2. The van der Waals surface area contributed by atoms with Crippen molar-refractivity contribution in [1.29, 1.82) is 0 Å². The molecule has 0 aliphatic carbocycles. The highest BCUT2D eigenvalue weighted by Gasteiger charge is 2.19. The molecule has 0 aliphatic heterocycles. The molecule has 0 saturated carbocycles. The van der Waals surface area contributed by atoms with Crippen molar-refractivity contribution in [3.8, 4) is 0 Å². The van der Waals surface area contributed by atoms with Crippen molar-refractivity contribution in [3.05, 3.63) is 45.2 Å². The van der Waals surface area contributed by atoms with Gasteiger partial charge in [0, 0.05) is 24.8 Å². The summed E-state index contributed by atoms with van der Waals surface area (Å²) in [5.74, 6) is 0.518. The van der Waals surface area contributed by atoms with Crippen molar-refractivity contribution in [2.75, 3.05) is 19.0 Å². The van der Waals surface area contributed by atoms with E-state index in [0.29, 0.717) is 22.2 Å². The summed E-state index contributed by atoms with van der Waals surface area (Å²) in [5.41, 5.74) is 1.95. The van der Waals surface area contributed by atoms with Crippen LogP contribution in [0.2, 0.25) is 10.0 Å². The van der Waals surface area contributed by atoms with Crippen molar-refractivity contribution in [3.63, 3.8) is 0 Å². The van der Waals surface area contributed by atoms with Gasteiger partial charge in [-0.25, -0.2) is 23.1 Å². The molecule has 0 saturated heterocycles. The van der Waals surface area contributed by atoms with Gasteiger partial charge in [0.15, 0.2) is 0 Å². The zero-order valence-corrected chi connectivity index (χ0v) is 16.1. The standard InChI is InChI=1S/C15H18Cl2N4O2S/c1-9-5-14(13(17)7-12(9)16)24(22,23)18-8-11-6-10(2)19-15(20-11)21(3)4/h5-7,18H,8H2,1-4H3. The minimum Gasteiger partial charge on any atom is -0.347 e. The molecule has 130 valence electrons. The van der Waals surface area contributed by atoms with Crippen molar-refractivity contribution in [2.45, 2.75) is 25.3 Å². The van der Waals surface area contributed by atoms with Gasteiger partial charge in [-0.2, -0.15) is 0 Å².